The maximum Gasteiger partial charge on any atom is 0.298 e. The van der Waals surface area contributed by atoms with Crippen molar-refractivity contribution in [3.63, 3.8) is 0 Å². The number of para-hydroxylation sites is 2. The van der Waals surface area contributed by atoms with E-state index in [9.17, 15) is 4.79 Å². The molecule has 1 aliphatic heterocycles. The van der Waals surface area contributed by atoms with Crippen molar-refractivity contribution in [2.45, 2.75) is 25.8 Å². The summed E-state index contributed by atoms with van der Waals surface area (Å²) < 4.78 is 8.29. The van der Waals surface area contributed by atoms with Crippen molar-refractivity contribution in [1.82, 2.24) is 24.7 Å². The second kappa shape index (κ2) is 9.28. The number of rotatable bonds is 7. The van der Waals surface area contributed by atoms with Gasteiger partial charge in [0.2, 0.25) is 5.91 Å². The fraction of sp³-hybridized carbons (Fsp3) is 0.318. The Labute approximate surface area is 199 Å². The van der Waals surface area contributed by atoms with Crippen LogP contribution < -0.4 is 10.2 Å². The average molecular weight is 482 g/mol. The molecule has 0 bridgehead atoms. The van der Waals surface area contributed by atoms with Crippen LogP contribution in [0, 0.1) is 10.7 Å². The highest BCUT2D eigenvalue weighted by Gasteiger charge is 2.27. The molecule has 4 heterocycles. The average Bonchev–Trinajstić information content (AvgIpc) is 3.54. The Bertz CT molecular complexity index is 1310. The van der Waals surface area contributed by atoms with Crippen molar-refractivity contribution in [2.24, 2.45) is 5.92 Å². The van der Waals surface area contributed by atoms with Crippen LogP contribution in [0.15, 0.2) is 46.7 Å². The zero-order valence-electron chi connectivity index (χ0n) is 17.9. The summed E-state index contributed by atoms with van der Waals surface area (Å²) in [4.78, 5) is 24.0. The molecule has 4 aromatic rings. The topological polar surface area (TPSA) is 105 Å². The van der Waals surface area contributed by atoms with Gasteiger partial charge in [-0.3, -0.25) is 14.5 Å². The molecule has 1 saturated heterocycles. The largest absolute Gasteiger partial charge is 0.423 e. The molecule has 0 saturated carbocycles. The molecule has 0 unspecified atom stereocenters. The number of amides is 1. The minimum Gasteiger partial charge on any atom is -0.423 e. The zero-order chi connectivity index (χ0) is 22.8. The molecule has 170 valence electrons. The molecule has 0 aliphatic carbocycles. The number of carbonyl (C=O) groups excluding carboxylic acids is 1. The number of anilines is 2. The summed E-state index contributed by atoms with van der Waals surface area (Å²) in [6, 6.07) is 8.34. The number of hydrogen-bond donors (Lipinski definition) is 2. The standard InChI is InChI=1S/C22H23N7O2S2/c1-2-9-29-18(26-27-22(29)32)12-15-13-33-20(23-15)25-19(30)14-7-10-28(11-8-14)21-24-16-5-3-4-6-17(16)31-21/h2-6,13-14H,1,7-12H2,(H,27,32)(H,23,25,30). The maximum absolute atomic E-state index is 12.8. The molecule has 0 spiro atoms. The van der Waals surface area contributed by atoms with Crippen molar-refractivity contribution in [1.29, 1.82) is 0 Å². The quantitative estimate of drug-likeness (QED) is 0.301. The van der Waals surface area contributed by atoms with Gasteiger partial charge in [-0.25, -0.2) is 4.98 Å². The third-order valence-corrected chi connectivity index (χ3v) is 6.81. The van der Waals surface area contributed by atoms with Gasteiger partial charge >= 0.3 is 0 Å². The molecule has 1 aromatic carbocycles. The fourth-order valence-corrected chi connectivity index (χ4v) is 4.88. The summed E-state index contributed by atoms with van der Waals surface area (Å²) in [6.45, 7) is 5.78. The van der Waals surface area contributed by atoms with Crippen LogP contribution in [0.4, 0.5) is 11.1 Å². The number of oxazole rings is 1. The highest BCUT2D eigenvalue weighted by molar-refractivity contribution is 7.71. The number of hydrogen-bond acceptors (Lipinski definition) is 8. The van der Waals surface area contributed by atoms with Crippen LogP contribution in [0.3, 0.4) is 0 Å². The highest BCUT2D eigenvalue weighted by atomic mass is 32.1. The van der Waals surface area contributed by atoms with Crippen molar-refractivity contribution in [3.05, 3.63) is 58.6 Å². The molecule has 3 aromatic heterocycles. The van der Waals surface area contributed by atoms with E-state index < -0.39 is 0 Å². The molecular weight excluding hydrogens is 458 g/mol. The molecule has 1 amide bonds. The number of allylic oxidation sites excluding steroid dienone is 1. The van der Waals surface area contributed by atoms with Gasteiger partial charge in [-0.05, 0) is 37.2 Å². The lowest BCUT2D eigenvalue weighted by Gasteiger charge is -2.29. The van der Waals surface area contributed by atoms with E-state index in [4.69, 9.17) is 16.6 Å². The number of nitrogens with one attached hydrogen (secondary N) is 2. The SMILES string of the molecule is C=CCn1c(Cc2csc(NC(=O)C3CCN(c4nc5ccccc5o4)CC3)n2)n[nH]c1=S. The van der Waals surface area contributed by atoms with E-state index in [0.717, 1.165) is 48.5 Å². The Balaban J connectivity index is 1.17. The molecule has 11 heteroatoms. The predicted molar refractivity (Wildman–Crippen MR) is 130 cm³/mol. The molecule has 2 N–H and O–H groups in total. The zero-order valence-corrected chi connectivity index (χ0v) is 19.5. The highest BCUT2D eigenvalue weighted by Crippen LogP contribution is 2.27. The van der Waals surface area contributed by atoms with Gasteiger partial charge in [0.15, 0.2) is 15.5 Å². The van der Waals surface area contributed by atoms with Gasteiger partial charge in [-0.2, -0.15) is 10.1 Å². The first-order valence-electron chi connectivity index (χ1n) is 10.7. The number of benzene rings is 1. The summed E-state index contributed by atoms with van der Waals surface area (Å²) in [7, 11) is 0. The molecule has 33 heavy (non-hydrogen) atoms. The number of aromatic amines is 1. The van der Waals surface area contributed by atoms with E-state index in [0.29, 0.717) is 28.9 Å². The minimum atomic E-state index is -0.0677. The summed E-state index contributed by atoms with van der Waals surface area (Å²) in [5.41, 5.74) is 2.46. The van der Waals surface area contributed by atoms with Gasteiger partial charge in [0.05, 0.1) is 12.1 Å². The van der Waals surface area contributed by atoms with E-state index in [1.807, 2.05) is 34.2 Å². The normalized spacial score (nSPS) is 14.6. The van der Waals surface area contributed by atoms with Gasteiger partial charge in [-0.1, -0.05) is 18.2 Å². The molecule has 9 nitrogen and oxygen atoms in total. The number of nitrogens with zero attached hydrogens (tertiary/aromatic N) is 5. The third-order valence-electron chi connectivity index (χ3n) is 5.69. The van der Waals surface area contributed by atoms with Crippen LogP contribution in [0.25, 0.3) is 11.1 Å². The number of thiazole rings is 1. The van der Waals surface area contributed by atoms with E-state index in [1.54, 1.807) is 6.08 Å². The Morgan fingerprint density at radius 3 is 2.94 bits per heavy atom. The van der Waals surface area contributed by atoms with Gasteiger partial charge in [0.1, 0.15) is 11.3 Å². The van der Waals surface area contributed by atoms with Gasteiger partial charge in [0, 0.05) is 30.9 Å². The molecular formula is C22H23N7O2S2. The summed E-state index contributed by atoms with van der Waals surface area (Å²) in [6.07, 6.45) is 3.77. The molecule has 5 rings (SSSR count). The number of fused-ring (bicyclic) bond motifs is 1. The Kier molecular flexibility index (Phi) is 6.05. The van der Waals surface area contributed by atoms with Crippen molar-refractivity contribution < 1.29 is 9.21 Å². The molecule has 0 atom stereocenters. The third kappa shape index (κ3) is 4.60. The van der Waals surface area contributed by atoms with Gasteiger partial charge < -0.3 is 14.6 Å². The Morgan fingerprint density at radius 1 is 1.33 bits per heavy atom. The summed E-state index contributed by atoms with van der Waals surface area (Å²) >= 11 is 6.67. The first-order valence-corrected chi connectivity index (χ1v) is 12.0. The summed E-state index contributed by atoms with van der Waals surface area (Å²) in [5, 5.41) is 12.6. The predicted octanol–water partition coefficient (Wildman–Crippen LogP) is 4.17. The van der Waals surface area contributed by atoms with Gasteiger partial charge in [0.25, 0.3) is 6.01 Å². The first-order chi connectivity index (χ1) is 16.1. The van der Waals surface area contributed by atoms with Crippen LogP contribution in [0.1, 0.15) is 24.4 Å². The van der Waals surface area contributed by atoms with Crippen LogP contribution in [0.5, 0.6) is 0 Å². The number of piperidine rings is 1. The van der Waals surface area contributed by atoms with Crippen LogP contribution in [0.2, 0.25) is 0 Å². The molecule has 0 radical (unpaired) electrons. The van der Waals surface area contributed by atoms with Crippen LogP contribution >= 0.6 is 23.6 Å². The van der Waals surface area contributed by atoms with E-state index >= 15 is 0 Å². The lowest BCUT2D eigenvalue weighted by atomic mass is 9.96. The summed E-state index contributed by atoms with van der Waals surface area (Å²) in [5.74, 6) is 0.721. The second-order valence-electron chi connectivity index (χ2n) is 7.88. The number of H-pyrrole nitrogens is 1. The molecule has 1 aliphatic rings. The minimum absolute atomic E-state index is 0.00227. The molecule has 1 fully saturated rings. The van der Waals surface area contributed by atoms with E-state index in [-0.39, 0.29) is 11.8 Å². The Morgan fingerprint density at radius 2 is 2.15 bits per heavy atom. The fourth-order valence-electron chi connectivity index (χ4n) is 3.95. The van der Waals surface area contributed by atoms with Crippen molar-refractivity contribution in [3.8, 4) is 0 Å². The van der Waals surface area contributed by atoms with Crippen molar-refractivity contribution >= 4 is 51.7 Å². The van der Waals surface area contributed by atoms with E-state index in [2.05, 4.69) is 37.0 Å². The lowest BCUT2D eigenvalue weighted by Crippen LogP contribution is -2.38. The van der Waals surface area contributed by atoms with Crippen LogP contribution in [-0.2, 0) is 17.8 Å². The second-order valence-corrected chi connectivity index (χ2v) is 9.12. The lowest BCUT2D eigenvalue weighted by molar-refractivity contribution is -0.120. The van der Waals surface area contributed by atoms with Crippen LogP contribution in [-0.4, -0.2) is 43.7 Å². The smallest absolute Gasteiger partial charge is 0.298 e. The number of carbonyl (C=O) groups is 1. The maximum atomic E-state index is 12.8. The monoisotopic (exact) mass is 481 g/mol. The van der Waals surface area contributed by atoms with Gasteiger partial charge in [-0.15, -0.1) is 17.9 Å². The Hall–Kier alpha value is -3.31. The van der Waals surface area contributed by atoms with Crippen molar-refractivity contribution in [2.75, 3.05) is 23.3 Å². The van der Waals surface area contributed by atoms with E-state index in [1.165, 1.54) is 11.3 Å². The first kappa shape index (κ1) is 21.5. The number of aromatic nitrogens is 5.